The van der Waals surface area contributed by atoms with E-state index in [0.717, 1.165) is 11.3 Å². The van der Waals surface area contributed by atoms with E-state index in [1.54, 1.807) is 13.0 Å². The van der Waals surface area contributed by atoms with E-state index in [4.69, 9.17) is 4.52 Å². The largest absolute Gasteiger partial charge is 0.360 e. The number of carbonyl (C=O) groups excluding carboxylic acids is 2. The first-order valence-electron chi connectivity index (χ1n) is 8.54. The topological polar surface area (TPSA) is 97.1 Å². The number of rotatable bonds is 5. The number of aryl methyl sites for hydroxylation is 1. The van der Waals surface area contributed by atoms with E-state index in [-0.39, 0.29) is 23.0 Å². The number of hydrogen-bond acceptors (Lipinski definition) is 5. The molecule has 27 heavy (non-hydrogen) atoms. The molecule has 1 aromatic carbocycles. The maximum atomic E-state index is 12.6. The number of pyridine rings is 1. The number of anilines is 2. The summed E-state index contributed by atoms with van der Waals surface area (Å²) in [5, 5.41) is 9.21. The van der Waals surface area contributed by atoms with Crippen molar-refractivity contribution < 1.29 is 14.1 Å². The summed E-state index contributed by atoms with van der Waals surface area (Å²) in [6, 6.07) is 10.7. The van der Waals surface area contributed by atoms with Gasteiger partial charge >= 0.3 is 0 Å². The van der Waals surface area contributed by atoms with Crippen LogP contribution in [0.3, 0.4) is 0 Å². The van der Waals surface area contributed by atoms with Gasteiger partial charge in [-0.1, -0.05) is 37.2 Å². The number of aromatic nitrogens is 2. The lowest BCUT2D eigenvalue weighted by atomic mass is 10.0. The van der Waals surface area contributed by atoms with Gasteiger partial charge in [0, 0.05) is 24.1 Å². The van der Waals surface area contributed by atoms with Crippen LogP contribution in [0.15, 0.2) is 53.3 Å². The van der Waals surface area contributed by atoms with E-state index >= 15 is 0 Å². The van der Waals surface area contributed by atoms with Crippen molar-refractivity contribution in [1.82, 2.24) is 10.1 Å². The fourth-order valence-electron chi connectivity index (χ4n) is 2.61. The second kappa shape index (κ2) is 7.82. The lowest BCUT2D eigenvalue weighted by Crippen LogP contribution is -2.17. The molecule has 0 atom stereocenters. The van der Waals surface area contributed by atoms with Crippen LogP contribution < -0.4 is 10.6 Å². The molecule has 0 bridgehead atoms. The summed E-state index contributed by atoms with van der Waals surface area (Å²) >= 11 is 0. The average Bonchev–Trinajstić information content (AvgIpc) is 3.06. The average molecular weight is 364 g/mol. The highest BCUT2D eigenvalue weighted by atomic mass is 16.5. The van der Waals surface area contributed by atoms with Crippen molar-refractivity contribution >= 4 is 23.3 Å². The Morgan fingerprint density at radius 1 is 1.00 bits per heavy atom. The van der Waals surface area contributed by atoms with Crippen LogP contribution in [-0.4, -0.2) is 22.0 Å². The van der Waals surface area contributed by atoms with Crippen LogP contribution in [0.25, 0.3) is 0 Å². The van der Waals surface area contributed by atoms with Crippen LogP contribution in [0, 0.1) is 6.92 Å². The smallest absolute Gasteiger partial charge is 0.258 e. The second-order valence-corrected chi connectivity index (χ2v) is 6.44. The van der Waals surface area contributed by atoms with Crippen molar-refractivity contribution in [3.63, 3.8) is 0 Å². The standard InChI is InChI=1S/C20H20N4O3/c1-12(2)16-6-4-5-7-17(16)22-19(25)14-9-15(11-21-10-14)20(26)23-18-8-13(3)27-24-18/h4-12H,1-3H3,(H,22,25)(H,23,24,26). The van der Waals surface area contributed by atoms with Crippen molar-refractivity contribution in [2.75, 3.05) is 10.6 Å². The fourth-order valence-corrected chi connectivity index (χ4v) is 2.61. The molecule has 138 valence electrons. The lowest BCUT2D eigenvalue weighted by molar-refractivity contribution is 0.102. The molecule has 0 unspecified atom stereocenters. The minimum atomic E-state index is -0.423. The molecule has 3 rings (SSSR count). The van der Waals surface area contributed by atoms with Crippen LogP contribution in [0.4, 0.5) is 11.5 Å². The number of nitrogens with one attached hydrogen (secondary N) is 2. The summed E-state index contributed by atoms with van der Waals surface area (Å²) in [6.45, 7) is 5.84. The second-order valence-electron chi connectivity index (χ2n) is 6.44. The van der Waals surface area contributed by atoms with Crippen LogP contribution in [-0.2, 0) is 0 Å². The van der Waals surface area contributed by atoms with E-state index in [0.29, 0.717) is 11.6 Å². The van der Waals surface area contributed by atoms with Gasteiger partial charge in [-0.2, -0.15) is 0 Å². The molecule has 0 aliphatic rings. The van der Waals surface area contributed by atoms with E-state index in [1.165, 1.54) is 18.5 Å². The van der Waals surface area contributed by atoms with Gasteiger partial charge in [-0.25, -0.2) is 0 Å². The van der Waals surface area contributed by atoms with Gasteiger partial charge in [0.15, 0.2) is 5.82 Å². The lowest BCUT2D eigenvalue weighted by Gasteiger charge is -2.13. The summed E-state index contributed by atoms with van der Waals surface area (Å²) in [7, 11) is 0. The van der Waals surface area contributed by atoms with E-state index in [9.17, 15) is 9.59 Å². The van der Waals surface area contributed by atoms with Gasteiger partial charge in [0.2, 0.25) is 0 Å². The summed E-state index contributed by atoms with van der Waals surface area (Å²) in [5.41, 5.74) is 2.32. The predicted molar refractivity (Wildman–Crippen MR) is 102 cm³/mol. The van der Waals surface area contributed by atoms with Crippen molar-refractivity contribution in [3.05, 3.63) is 71.2 Å². The first-order chi connectivity index (χ1) is 12.9. The molecule has 0 fully saturated rings. The number of hydrogen-bond donors (Lipinski definition) is 2. The Kier molecular flexibility index (Phi) is 5.30. The summed E-state index contributed by atoms with van der Waals surface area (Å²) < 4.78 is 4.92. The van der Waals surface area contributed by atoms with Gasteiger partial charge in [-0.3, -0.25) is 14.6 Å². The van der Waals surface area contributed by atoms with Gasteiger partial charge in [0.05, 0.1) is 11.1 Å². The minimum Gasteiger partial charge on any atom is -0.360 e. The number of para-hydroxylation sites is 1. The van der Waals surface area contributed by atoms with E-state index in [1.807, 2.05) is 24.3 Å². The summed E-state index contributed by atoms with van der Waals surface area (Å²) in [5.74, 6) is 0.400. The molecule has 3 aromatic rings. The maximum absolute atomic E-state index is 12.6. The highest BCUT2D eigenvalue weighted by Gasteiger charge is 2.15. The van der Waals surface area contributed by atoms with Crippen molar-refractivity contribution in [2.45, 2.75) is 26.7 Å². The zero-order chi connectivity index (χ0) is 19.4. The van der Waals surface area contributed by atoms with Gasteiger partial charge in [0.1, 0.15) is 5.76 Å². The molecule has 0 saturated heterocycles. The molecule has 0 aliphatic heterocycles. The van der Waals surface area contributed by atoms with Crippen molar-refractivity contribution in [1.29, 1.82) is 0 Å². The molecule has 0 aliphatic carbocycles. The minimum absolute atomic E-state index is 0.250. The molecule has 2 aromatic heterocycles. The molecular weight excluding hydrogens is 344 g/mol. The highest BCUT2D eigenvalue weighted by molar-refractivity contribution is 6.08. The van der Waals surface area contributed by atoms with Crippen LogP contribution in [0.5, 0.6) is 0 Å². The quantitative estimate of drug-likeness (QED) is 0.713. The Morgan fingerprint density at radius 2 is 1.67 bits per heavy atom. The van der Waals surface area contributed by atoms with E-state index < -0.39 is 5.91 Å². The van der Waals surface area contributed by atoms with Gasteiger partial charge in [0.25, 0.3) is 11.8 Å². The molecule has 2 heterocycles. The molecule has 0 radical (unpaired) electrons. The fraction of sp³-hybridized carbons (Fsp3) is 0.200. The van der Waals surface area contributed by atoms with Gasteiger partial charge in [-0.05, 0) is 30.5 Å². The zero-order valence-electron chi connectivity index (χ0n) is 15.3. The van der Waals surface area contributed by atoms with Crippen LogP contribution in [0.2, 0.25) is 0 Å². The number of benzene rings is 1. The molecule has 2 amide bonds. The summed E-state index contributed by atoms with van der Waals surface area (Å²) in [6.07, 6.45) is 2.81. The van der Waals surface area contributed by atoms with Crippen LogP contribution >= 0.6 is 0 Å². The normalized spacial score (nSPS) is 10.7. The Balaban J connectivity index is 1.77. The molecular formula is C20H20N4O3. The number of nitrogens with zero attached hydrogens (tertiary/aromatic N) is 2. The van der Waals surface area contributed by atoms with Crippen molar-refractivity contribution in [3.8, 4) is 0 Å². The Morgan fingerprint density at radius 3 is 2.30 bits per heavy atom. The van der Waals surface area contributed by atoms with Gasteiger partial charge in [-0.15, -0.1) is 0 Å². The van der Waals surface area contributed by atoms with Gasteiger partial charge < -0.3 is 15.2 Å². The van der Waals surface area contributed by atoms with Crippen LogP contribution in [0.1, 0.15) is 51.8 Å². The monoisotopic (exact) mass is 364 g/mol. The SMILES string of the molecule is Cc1cc(NC(=O)c2cncc(C(=O)Nc3ccccc3C(C)C)c2)no1. The highest BCUT2D eigenvalue weighted by Crippen LogP contribution is 2.24. The number of carbonyl (C=O) groups is 2. The maximum Gasteiger partial charge on any atom is 0.258 e. The zero-order valence-corrected chi connectivity index (χ0v) is 15.3. The first-order valence-corrected chi connectivity index (χ1v) is 8.54. The number of amides is 2. The third kappa shape index (κ3) is 4.38. The third-order valence-electron chi connectivity index (χ3n) is 3.96. The first kappa shape index (κ1) is 18.3. The Labute approximate surface area is 156 Å². The molecule has 7 heteroatoms. The summed E-state index contributed by atoms with van der Waals surface area (Å²) in [4.78, 5) is 29.0. The molecule has 7 nitrogen and oxygen atoms in total. The molecule has 2 N–H and O–H groups in total. The van der Waals surface area contributed by atoms with E-state index in [2.05, 4.69) is 34.6 Å². The van der Waals surface area contributed by atoms with Crippen molar-refractivity contribution in [2.24, 2.45) is 0 Å². The third-order valence-corrected chi connectivity index (χ3v) is 3.96. The Hall–Kier alpha value is -3.48. The Bertz CT molecular complexity index is 979. The molecule has 0 spiro atoms. The molecule has 0 saturated carbocycles. The predicted octanol–water partition coefficient (Wildman–Crippen LogP) is 4.01.